The number of piperidine rings is 1. The van der Waals surface area contributed by atoms with Crippen molar-refractivity contribution in [3.63, 3.8) is 0 Å². The number of Topliss-reactive ketones (excluding diaryl/α,β-unsaturated/α-hetero) is 1. The van der Waals surface area contributed by atoms with Gasteiger partial charge in [0.1, 0.15) is 11.6 Å². The molecule has 1 aliphatic rings. The molecule has 30 heavy (non-hydrogen) atoms. The number of carbonyl (C=O) groups is 2. The van der Waals surface area contributed by atoms with Crippen LogP contribution in [0.4, 0.5) is 4.39 Å². The number of halogens is 1. The second-order valence-electron chi connectivity index (χ2n) is 8.15. The number of likely N-dealkylation sites (tertiary alicyclic amines) is 1. The van der Waals surface area contributed by atoms with Crippen LogP contribution in [-0.4, -0.2) is 39.6 Å². The van der Waals surface area contributed by atoms with Gasteiger partial charge in [-0.15, -0.1) is 0 Å². The maximum absolute atomic E-state index is 13.0. The van der Waals surface area contributed by atoms with Crippen molar-refractivity contribution < 1.29 is 14.0 Å². The Bertz CT molecular complexity index is 945. The van der Waals surface area contributed by atoms with Crippen LogP contribution in [0.2, 0.25) is 0 Å². The van der Waals surface area contributed by atoms with E-state index in [1.165, 1.54) is 30.3 Å². The van der Waals surface area contributed by atoms with E-state index in [1.807, 2.05) is 13.8 Å². The molecule has 6 nitrogen and oxygen atoms in total. The van der Waals surface area contributed by atoms with Crippen molar-refractivity contribution in [1.29, 1.82) is 0 Å². The van der Waals surface area contributed by atoms with Gasteiger partial charge in [-0.1, -0.05) is 13.8 Å². The minimum absolute atomic E-state index is 0.0159. The number of amides is 1. The zero-order valence-corrected chi connectivity index (χ0v) is 17.5. The van der Waals surface area contributed by atoms with Crippen LogP contribution in [0, 0.1) is 11.7 Å². The van der Waals surface area contributed by atoms with Gasteiger partial charge in [0.25, 0.3) is 5.56 Å². The molecule has 1 aliphatic heterocycles. The molecular weight excluding hydrogens is 385 g/mol. The number of nitrogens with one attached hydrogen (secondary N) is 1. The SMILES string of the molecule is CC(C)c1cc(=O)[nH]c(CCCC(=O)N2CCC(C(=O)c3ccc(F)cc3)CC2)n1. The van der Waals surface area contributed by atoms with E-state index in [9.17, 15) is 18.8 Å². The number of aryl methyl sites for hydroxylation is 1. The first kappa shape index (κ1) is 21.9. The zero-order valence-electron chi connectivity index (χ0n) is 17.5. The molecule has 0 bridgehead atoms. The predicted molar refractivity (Wildman–Crippen MR) is 112 cm³/mol. The lowest BCUT2D eigenvalue weighted by Gasteiger charge is -2.31. The lowest BCUT2D eigenvalue weighted by atomic mass is 9.88. The normalized spacial score (nSPS) is 14.9. The van der Waals surface area contributed by atoms with Crippen molar-refractivity contribution >= 4 is 11.7 Å². The molecule has 1 amide bonds. The number of aromatic amines is 1. The standard InChI is InChI=1S/C23H28FN3O3/c1-15(2)19-14-21(28)26-20(25-19)4-3-5-22(29)27-12-10-17(11-13-27)23(30)16-6-8-18(24)9-7-16/h6-9,14-15,17H,3-5,10-13H2,1-2H3,(H,25,26,28). The Hall–Kier alpha value is -2.83. The van der Waals surface area contributed by atoms with Crippen molar-refractivity contribution in [3.8, 4) is 0 Å². The number of aromatic nitrogens is 2. The molecule has 7 heteroatoms. The smallest absolute Gasteiger partial charge is 0.251 e. The number of hydrogen-bond acceptors (Lipinski definition) is 4. The Labute approximate surface area is 175 Å². The van der Waals surface area contributed by atoms with Crippen LogP contribution in [-0.2, 0) is 11.2 Å². The largest absolute Gasteiger partial charge is 0.343 e. The molecule has 1 N–H and O–H groups in total. The molecule has 1 aromatic carbocycles. The minimum atomic E-state index is -0.359. The number of hydrogen-bond donors (Lipinski definition) is 1. The van der Waals surface area contributed by atoms with Gasteiger partial charge in [-0.25, -0.2) is 9.37 Å². The van der Waals surface area contributed by atoms with E-state index in [2.05, 4.69) is 9.97 Å². The van der Waals surface area contributed by atoms with Crippen LogP contribution in [0.25, 0.3) is 0 Å². The summed E-state index contributed by atoms with van der Waals surface area (Å²) in [7, 11) is 0. The first-order valence-electron chi connectivity index (χ1n) is 10.5. The van der Waals surface area contributed by atoms with E-state index in [-0.39, 0.29) is 34.9 Å². The third kappa shape index (κ3) is 5.62. The Kier molecular flexibility index (Phi) is 7.13. The fraction of sp³-hybridized carbons (Fsp3) is 0.478. The van der Waals surface area contributed by atoms with Crippen molar-refractivity contribution in [2.24, 2.45) is 5.92 Å². The van der Waals surface area contributed by atoms with Gasteiger partial charge in [-0.2, -0.15) is 0 Å². The summed E-state index contributed by atoms with van der Waals surface area (Å²) in [6.45, 7) is 5.07. The quantitative estimate of drug-likeness (QED) is 0.705. The summed E-state index contributed by atoms with van der Waals surface area (Å²) >= 11 is 0. The van der Waals surface area contributed by atoms with Gasteiger partial charge in [-0.3, -0.25) is 14.4 Å². The van der Waals surface area contributed by atoms with Crippen LogP contribution >= 0.6 is 0 Å². The molecule has 0 spiro atoms. The van der Waals surface area contributed by atoms with E-state index in [4.69, 9.17) is 0 Å². The molecule has 2 aromatic rings. The van der Waals surface area contributed by atoms with Crippen LogP contribution in [0.5, 0.6) is 0 Å². The van der Waals surface area contributed by atoms with Crippen LogP contribution in [0.1, 0.15) is 67.3 Å². The van der Waals surface area contributed by atoms with Crippen LogP contribution in [0.3, 0.4) is 0 Å². The zero-order chi connectivity index (χ0) is 21.7. The average molecular weight is 413 g/mol. The van der Waals surface area contributed by atoms with E-state index >= 15 is 0 Å². The summed E-state index contributed by atoms with van der Waals surface area (Å²) in [6.07, 6.45) is 2.77. The maximum Gasteiger partial charge on any atom is 0.251 e. The Morgan fingerprint density at radius 3 is 2.50 bits per heavy atom. The number of nitrogens with zero attached hydrogens (tertiary/aromatic N) is 2. The van der Waals surface area contributed by atoms with E-state index in [1.54, 1.807) is 4.90 Å². The lowest BCUT2D eigenvalue weighted by Crippen LogP contribution is -2.40. The molecule has 0 unspecified atom stereocenters. The van der Waals surface area contributed by atoms with Crippen molar-refractivity contribution in [3.05, 3.63) is 63.6 Å². The van der Waals surface area contributed by atoms with Gasteiger partial charge in [0.2, 0.25) is 5.91 Å². The second-order valence-corrected chi connectivity index (χ2v) is 8.15. The minimum Gasteiger partial charge on any atom is -0.343 e. The summed E-state index contributed by atoms with van der Waals surface area (Å²) in [5.41, 5.74) is 1.11. The fourth-order valence-electron chi connectivity index (χ4n) is 3.75. The number of H-pyrrole nitrogens is 1. The molecule has 0 radical (unpaired) electrons. The second kappa shape index (κ2) is 9.78. The predicted octanol–water partition coefficient (Wildman–Crippen LogP) is 3.48. The van der Waals surface area contributed by atoms with Crippen molar-refractivity contribution in [2.45, 2.75) is 51.9 Å². The molecule has 1 aromatic heterocycles. The fourth-order valence-corrected chi connectivity index (χ4v) is 3.75. The van der Waals surface area contributed by atoms with Crippen LogP contribution in [0.15, 0.2) is 35.1 Å². The number of rotatable bonds is 7. The molecule has 160 valence electrons. The highest BCUT2D eigenvalue weighted by molar-refractivity contribution is 5.98. The molecule has 0 aliphatic carbocycles. The highest BCUT2D eigenvalue weighted by Crippen LogP contribution is 2.23. The van der Waals surface area contributed by atoms with Crippen LogP contribution < -0.4 is 5.56 Å². The number of carbonyl (C=O) groups excluding carboxylic acids is 2. The maximum atomic E-state index is 13.0. The molecule has 0 saturated carbocycles. The molecular formula is C23H28FN3O3. The molecule has 0 atom stereocenters. The first-order valence-corrected chi connectivity index (χ1v) is 10.5. The van der Waals surface area contributed by atoms with E-state index in [0.29, 0.717) is 56.6 Å². The molecule has 1 fully saturated rings. The van der Waals surface area contributed by atoms with Gasteiger partial charge >= 0.3 is 0 Å². The number of benzene rings is 1. The summed E-state index contributed by atoms with van der Waals surface area (Å²) in [5, 5.41) is 0. The Balaban J connectivity index is 1.46. The first-order chi connectivity index (χ1) is 14.3. The molecule has 1 saturated heterocycles. The average Bonchev–Trinajstić information content (AvgIpc) is 2.73. The van der Waals surface area contributed by atoms with Gasteiger partial charge in [0.05, 0.1) is 5.69 Å². The van der Waals surface area contributed by atoms with Crippen molar-refractivity contribution in [1.82, 2.24) is 14.9 Å². The van der Waals surface area contributed by atoms with Gasteiger partial charge in [-0.05, 0) is 49.4 Å². The van der Waals surface area contributed by atoms with Gasteiger partial charge in [0, 0.05) is 43.5 Å². The topological polar surface area (TPSA) is 83.1 Å². The van der Waals surface area contributed by atoms with E-state index in [0.717, 1.165) is 5.69 Å². The summed E-state index contributed by atoms with van der Waals surface area (Å²) in [4.78, 5) is 45.8. The third-order valence-electron chi connectivity index (χ3n) is 5.55. The monoisotopic (exact) mass is 413 g/mol. The van der Waals surface area contributed by atoms with E-state index < -0.39 is 0 Å². The Morgan fingerprint density at radius 1 is 1.20 bits per heavy atom. The van der Waals surface area contributed by atoms with Crippen molar-refractivity contribution in [2.75, 3.05) is 13.1 Å². The lowest BCUT2D eigenvalue weighted by molar-refractivity contribution is -0.132. The highest BCUT2D eigenvalue weighted by Gasteiger charge is 2.27. The molecule has 3 rings (SSSR count). The summed E-state index contributed by atoms with van der Waals surface area (Å²) in [5.74, 6) is 0.371. The van der Waals surface area contributed by atoms with Gasteiger partial charge < -0.3 is 9.88 Å². The summed E-state index contributed by atoms with van der Waals surface area (Å²) < 4.78 is 13.0. The summed E-state index contributed by atoms with van der Waals surface area (Å²) in [6, 6.07) is 7.13. The van der Waals surface area contributed by atoms with Gasteiger partial charge in [0.15, 0.2) is 5.78 Å². The Morgan fingerprint density at radius 2 is 1.87 bits per heavy atom. The molecule has 2 heterocycles. The third-order valence-corrected chi connectivity index (χ3v) is 5.55. The number of ketones is 1. The highest BCUT2D eigenvalue weighted by atomic mass is 19.1.